The van der Waals surface area contributed by atoms with E-state index in [1.807, 2.05) is 11.8 Å². The number of hydrogen-bond donors (Lipinski definition) is 0. The van der Waals surface area contributed by atoms with Gasteiger partial charge < -0.3 is 9.47 Å². The molecule has 10 aromatic carbocycles. The average molecular weight is 781 g/mol. The van der Waals surface area contributed by atoms with Crippen molar-refractivity contribution >= 4 is 72.2 Å². The zero-order valence-corrected chi connectivity index (χ0v) is 33.4. The van der Waals surface area contributed by atoms with Crippen LogP contribution >= 0.6 is 11.8 Å². The Balaban J connectivity index is 1.15. The number of para-hydroxylation sites is 2. The first-order valence-electron chi connectivity index (χ1n) is 20.7. The summed E-state index contributed by atoms with van der Waals surface area (Å²) in [4.78, 5) is 5.10. The van der Waals surface area contributed by atoms with Crippen LogP contribution in [0.15, 0.2) is 228 Å². The Morgan fingerprint density at radius 3 is 1.82 bits per heavy atom. The van der Waals surface area contributed by atoms with Crippen LogP contribution in [0.4, 0.5) is 17.1 Å². The van der Waals surface area contributed by atoms with Gasteiger partial charge in [-0.25, -0.2) is 0 Å². The van der Waals surface area contributed by atoms with Crippen LogP contribution in [0.5, 0.6) is 0 Å². The Bertz CT molecular complexity index is 3490. The molecule has 0 saturated heterocycles. The zero-order chi connectivity index (χ0) is 39.4. The maximum Gasteiger partial charge on any atom is 0.0736 e. The van der Waals surface area contributed by atoms with Gasteiger partial charge >= 0.3 is 0 Å². The number of hydrogen-bond acceptors (Lipinski definition) is 2. The number of anilines is 3. The minimum atomic E-state index is -0.550. The molecule has 2 aliphatic rings. The lowest BCUT2D eigenvalue weighted by Gasteiger charge is -2.46. The standard InChI is InChI=1S/C57H36N2S/c1-2-19-39(20-3-1)59-52-27-9-6-22-44(52)45-34-32-41(36-53(45)59)58(51-28-14-16-37-15-4-5-21-42(37)51)40-31-33-43-46-23-12-17-38-18-13-26-49(56(38)46)57(50(43)35-40)47-24-7-10-29-54(47)60-55-30-11-8-25-48(55)57/h1-36H. The van der Waals surface area contributed by atoms with Crippen molar-refractivity contribution in [3.8, 4) is 16.8 Å². The maximum absolute atomic E-state index is 2.52. The summed E-state index contributed by atoms with van der Waals surface area (Å²) >= 11 is 1.89. The van der Waals surface area contributed by atoms with E-state index in [1.165, 1.54) is 86.5 Å². The summed E-state index contributed by atoms with van der Waals surface area (Å²) in [5, 5.41) is 7.50. The second-order valence-corrected chi connectivity index (χ2v) is 17.1. The van der Waals surface area contributed by atoms with E-state index in [1.54, 1.807) is 0 Å². The van der Waals surface area contributed by atoms with Crippen molar-refractivity contribution in [1.82, 2.24) is 4.57 Å². The van der Waals surface area contributed by atoms with Crippen molar-refractivity contribution in [3.05, 3.63) is 241 Å². The van der Waals surface area contributed by atoms with E-state index in [2.05, 4.69) is 228 Å². The summed E-state index contributed by atoms with van der Waals surface area (Å²) in [6, 6.07) is 81.3. The highest BCUT2D eigenvalue weighted by molar-refractivity contribution is 7.99. The minimum absolute atomic E-state index is 0.550. The van der Waals surface area contributed by atoms with Crippen LogP contribution in [-0.4, -0.2) is 4.57 Å². The molecule has 2 heterocycles. The van der Waals surface area contributed by atoms with E-state index in [-0.39, 0.29) is 0 Å². The fraction of sp³-hybridized carbons (Fsp3) is 0.0175. The van der Waals surface area contributed by atoms with Crippen molar-refractivity contribution < 1.29 is 0 Å². The predicted molar refractivity (Wildman–Crippen MR) is 252 cm³/mol. The molecule has 0 unspecified atom stereocenters. The van der Waals surface area contributed by atoms with E-state index in [9.17, 15) is 0 Å². The summed E-state index contributed by atoms with van der Waals surface area (Å²) in [7, 11) is 0. The van der Waals surface area contributed by atoms with Crippen LogP contribution in [0.3, 0.4) is 0 Å². The number of benzene rings is 10. The van der Waals surface area contributed by atoms with Crippen LogP contribution in [0.1, 0.15) is 22.3 Å². The number of rotatable bonds is 4. The van der Waals surface area contributed by atoms with Crippen LogP contribution < -0.4 is 4.90 Å². The largest absolute Gasteiger partial charge is 0.310 e. The fourth-order valence-corrected chi connectivity index (χ4v) is 11.8. The molecule has 0 N–H and O–H groups in total. The molecule has 0 bridgehead atoms. The molecular weight excluding hydrogens is 745 g/mol. The molecule has 0 amide bonds. The molecule has 0 fully saturated rings. The molecule has 280 valence electrons. The first-order chi connectivity index (χ1) is 29.8. The van der Waals surface area contributed by atoms with Gasteiger partial charge in [-0.05, 0) is 110 Å². The summed E-state index contributed by atoms with van der Waals surface area (Å²) in [6.07, 6.45) is 0. The highest BCUT2D eigenvalue weighted by Gasteiger charge is 2.48. The molecule has 2 nitrogen and oxygen atoms in total. The van der Waals surface area contributed by atoms with Gasteiger partial charge in [0, 0.05) is 43.0 Å². The van der Waals surface area contributed by atoms with Crippen molar-refractivity contribution in [1.29, 1.82) is 0 Å². The van der Waals surface area contributed by atoms with Gasteiger partial charge in [-0.2, -0.15) is 0 Å². The molecule has 0 radical (unpaired) electrons. The fourth-order valence-electron chi connectivity index (χ4n) is 10.6. The van der Waals surface area contributed by atoms with Crippen molar-refractivity contribution in [2.75, 3.05) is 4.90 Å². The molecule has 1 aromatic heterocycles. The Kier molecular flexibility index (Phi) is 7.19. The van der Waals surface area contributed by atoms with Crippen molar-refractivity contribution in [2.45, 2.75) is 15.2 Å². The highest BCUT2D eigenvalue weighted by Crippen LogP contribution is 2.62. The number of nitrogens with zero attached hydrogens (tertiary/aromatic N) is 2. The molecule has 60 heavy (non-hydrogen) atoms. The van der Waals surface area contributed by atoms with Gasteiger partial charge in [0.05, 0.1) is 22.1 Å². The molecule has 0 atom stereocenters. The molecular formula is C57H36N2S. The molecule has 0 saturated carbocycles. The Morgan fingerprint density at radius 1 is 0.383 bits per heavy atom. The summed E-state index contributed by atoms with van der Waals surface area (Å²) < 4.78 is 2.42. The monoisotopic (exact) mass is 780 g/mol. The second-order valence-electron chi connectivity index (χ2n) is 16.0. The Hall–Kier alpha value is -7.33. The lowest BCUT2D eigenvalue weighted by Crippen LogP contribution is -2.36. The van der Waals surface area contributed by atoms with Gasteiger partial charge in [-0.1, -0.05) is 169 Å². The third-order valence-corrected chi connectivity index (χ3v) is 14.2. The topological polar surface area (TPSA) is 8.17 Å². The van der Waals surface area contributed by atoms with Gasteiger partial charge in [0.25, 0.3) is 0 Å². The van der Waals surface area contributed by atoms with E-state index in [0.29, 0.717) is 0 Å². The van der Waals surface area contributed by atoms with E-state index in [4.69, 9.17) is 0 Å². The lowest BCUT2D eigenvalue weighted by molar-refractivity contribution is 0.707. The normalized spacial score (nSPS) is 13.4. The molecule has 3 heteroatoms. The second kappa shape index (κ2) is 12.8. The van der Waals surface area contributed by atoms with Crippen LogP contribution in [0.2, 0.25) is 0 Å². The van der Waals surface area contributed by atoms with Crippen molar-refractivity contribution in [3.63, 3.8) is 0 Å². The van der Waals surface area contributed by atoms with Crippen LogP contribution in [-0.2, 0) is 5.41 Å². The highest BCUT2D eigenvalue weighted by atomic mass is 32.2. The summed E-state index contributed by atoms with van der Waals surface area (Å²) in [5.74, 6) is 0. The minimum Gasteiger partial charge on any atom is -0.310 e. The molecule has 1 aliphatic carbocycles. The van der Waals surface area contributed by atoms with Gasteiger partial charge in [0.15, 0.2) is 0 Å². The predicted octanol–water partition coefficient (Wildman–Crippen LogP) is 15.4. The van der Waals surface area contributed by atoms with Crippen LogP contribution in [0, 0.1) is 0 Å². The molecule has 1 spiro atoms. The van der Waals surface area contributed by atoms with E-state index in [0.717, 1.165) is 22.7 Å². The maximum atomic E-state index is 2.52. The quantitative estimate of drug-likeness (QED) is 0.176. The van der Waals surface area contributed by atoms with E-state index < -0.39 is 5.41 Å². The first-order valence-corrected chi connectivity index (χ1v) is 21.5. The molecule has 13 rings (SSSR count). The summed E-state index contributed by atoms with van der Waals surface area (Å²) in [5.41, 5.74) is 14.2. The smallest absolute Gasteiger partial charge is 0.0736 e. The third-order valence-electron chi connectivity index (χ3n) is 13.0. The average Bonchev–Trinajstić information content (AvgIpc) is 3.64. The first kappa shape index (κ1) is 33.6. The van der Waals surface area contributed by atoms with Crippen LogP contribution in [0.25, 0.3) is 60.2 Å². The van der Waals surface area contributed by atoms with Crippen molar-refractivity contribution in [2.24, 2.45) is 0 Å². The van der Waals surface area contributed by atoms with E-state index >= 15 is 0 Å². The zero-order valence-electron chi connectivity index (χ0n) is 32.6. The number of fused-ring (bicyclic) bond motifs is 12. The molecule has 11 aromatic rings. The Labute approximate surface area is 352 Å². The van der Waals surface area contributed by atoms with Gasteiger partial charge in [-0.15, -0.1) is 0 Å². The third kappa shape index (κ3) is 4.61. The molecule has 1 aliphatic heterocycles. The summed E-state index contributed by atoms with van der Waals surface area (Å²) in [6.45, 7) is 0. The number of aromatic nitrogens is 1. The van der Waals surface area contributed by atoms with Gasteiger partial charge in [0.1, 0.15) is 0 Å². The van der Waals surface area contributed by atoms with Gasteiger partial charge in [-0.3, -0.25) is 0 Å². The lowest BCUT2D eigenvalue weighted by atomic mass is 9.59. The van der Waals surface area contributed by atoms with Gasteiger partial charge in [0.2, 0.25) is 0 Å². The SMILES string of the molecule is c1ccc(-n2c3ccccc3c3ccc(N(c4ccc5c(c4)C4(c6ccccc6Sc6ccccc64)c4cccc6cccc-5c46)c4cccc5ccccc45)cc32)cc1. The Morgan fingerprint density at radius 2 is 0.983 bits per heavy atom.